The molecule has 13 heavy (non-hydrogen) atoms. The second-order valence-electron chi connectivity index (χ2n) is 3.64. The minimum absolute atomic E-state index is 0.630. The summed E-state index contributed by atoms with van der Waals surface area (Å²) in [4.78, 5) is 2.45. The van der Waals surface area contributed by atoms with Crippen LogP contribution >= 0.6 is 0 Å². The number of benzene rings is 1. The minimum Gasteiger partial charge on any atom is -0.297 e. The van der Waals surface area contributed by atoms with Crippen molar-refractivity contribution in [3.05, 3.63) is 35.9 Å². The van der Waals surface area contributed by atoms with E-state index in [9.17, 15) is 0 Å². The highest BCUT2D eigenvalue weighted by molar-refractivity contribution is 5.14. The van der Waals surface area contributed by atoms with E-state index >= 15 is 0 Å². The highest BCUT2D eigenvalue weighted by atomic mass is 15.1. The Morgan fingerprint density at radius 3 is 2.23 bits per heavy atom. The first-order valence-electron chi connectivity index (χ1n) is 5.02. The molecule has 0 radical (unpaired) electrons. The highest BCUT2D eigenvalue weighted by Crippen LogP contribution is 2.06. The fourth-order valence-corrected chi connectivity index (χ4v) is 1.48. The molecular weight excluding hydrogens is 158 g/mol. The maximum absolute atomic E-state index is 2.45. The van der Waals surface area contributed by atoms with Crippen LogP contribution in [0.1, 0.15) is 26.3 Å². The monoisotopic (exact) mass is 177 g/mol. The van der Waals surface area contributed by atoms with Crippen molar-refractivity contribution in [3.63, 3.8) is 0 Å². The third-order valence-electron chi connectivity index (χ3n) is 2.36. The third kappa shape index (κ3) is 3.19. The molecule has 0 unspecified atom stereocenters. The minimum atomic E-state index is 0.630. The zero-order chi connectivity index (χ0) is 9.68. The second-order valence-corrected chi connectivity index (χ2v) is 3.64. The summed E-state index contributed by atoms with van der Waals surface area (Å²) in [5, 5.41) is 0. The molecule has 1 aromatic rings. The maximum Gasteiger partial charge on any atom is 0.0236 e. The van der Waals surface area contributed by atoms with Gasteiger partial charge in [0.05, 0.1) is 0 Å². The average Bonchev–Trinajstić information content (AvgIpc) is 2.15. The van der Waals surface area contributed by atoms with Gasteiger partial charge in [-0.1, -0.05) is 37.3 Å². The van der Waals surface area contributed by atoms with Crippen LogP contribution in [-0.2, 0) is 6.54 Å². The first-order valence-corrected chi connectivity index (χ1v) is 5.02. The molecule has 1 rings (SSSR count). The molecule has 0 aliphatic carbocycles. The van der Waals surface area contributed by atoms with Crippen molar-refractivity contribution in [2.24, 2.45) is 0 Å². The Morgan fingerprint density at radius 2 is 1.77 bits per heavy atom. The molecule has 0 N–H and O–H groups in total. The zero-order valence-corrected chi connectivity index (χ0v) is 8.83. The molecule has 0 saturated carbocycles. The molecule has 0 bridgehead atoms. The van der Waals surface area contributed by atoms with Crippen LogP contribution in [0.2, 0.25) is 0 Å². The van der Waals surface area contributed by atoms with Crippen LogP contribution in [0.4, 0.5) is 0 Å². The van der Waals surface area contributed by atoms with Gasteiger partial charge in [0.15, 0.2) is 0 Å². The number of hydrogen-bond donors (Lipinski definition) is 0. The van der Waals surface area contributed by atoms with Gasteiger partial charge in [0.25, 0.3) is 0 Å². The topological polar surface area (TPSA) is 3.24 Å². The van der Waals surface area contributed by atoms with E-state index in [2.05, 4.69) is 56.0 Å². The summed E-state index contributed by atoms with van der Waals surface area (Å²) in [6.45, 7) is 8.88. The lowest BCUT2D eigenvalue weighted by atomic mass is 10.2. The van der Waals surface area contributed by atoms with E-state index < -0.39 is 0 Å². The standard InChI is InChI=1S/C12H19N/c1-4-13(11(2)3)10-12-8-6-5-7-9-12/h5-9,11H,4,10H2,1-3H3. The van der Waals surface area contributed by atoms with Crippen LogP contribution in [0.5, 0.6) is 0 Å². The third-order valence-corrected chi connectivity index (χ3v) is 2.36. The van der Waals surface area contributed by atoms with Crippen molar-refractivity contribution in [2.45, 2.75) is 33.4 Å². The fourth-order valence-electron chi connectivity index (χ4n) is 1.48. The molecular formula is C12H19N. The van der Waals surface area contributed by atoms with Gasteiger partial charge in [-0.05, 0) is 26.0 Å². The Morgan fingerprint density at radius 1 is 1.15 bits per heavy atom. The van der Waals surface area contributed by atoms with Crippen molar-refractivity contribution in [1.82, 2.24) is 4.90 Å². The second kappa shape index (κ2) is 5.03. The molecule has 0 amide bonds. The lowest BCUT2D eigenvalue weighted by Crippen LogP contribution is -2.29. The van der Waals surface area contributed by atoms with E-state index in [1.807, 2.05) is 0 Å². The largest absolute Gasteiger partial charge is 0.297 e. The van der Waals surface area contributed by atoms with Gasteiger partial charge in [-0.2, -0.15) is 0 Å². The van der Waals surface area contributed by atoms with Gasteiger partial charge in [0.1, 0.15) is 0 Å². The number of hydrogen-bond acceptors (Lipinski definition) is 1. The molecule has 0 fully saturated rings. The van der Waals surface area contributed by atoms with Crippen molar-refractivity contribution in [1.29, 1.82) is 0 Å². The average molecular weight is 177 g/mol. The van der Waals surface area contributed by atoms with Crippen LogP contribution in [0.15, 0.2) is 30.3 Å². The molecule has 0 spiro atoms. The summed E-state index contributed by atoms with van der Waals surface area (Å²) in [5.41, 5.74) is 1.40. The van der Waals surface area contributed by atoms with Crippen LogP contribution < -0.4 is 0 Å². The summed E-state index contributed by atoms with van der Waals surface area (Å²) in [5.74, 6) is 0. The quantitative estimate of drug-likeness (QED) is 0.683. The van der Waals surface area contributed by atoms with Gasteiger partial charge in [-0.25, -0.2) is 0 Å². The molecule has 72 valence electrons. The van der Waals surface area contributed by atoms with E-state index in [1.165, 1.54) is 5.56 Å². The number of nitrogens with zero attached hydrogens (tertiary/aromatic N) is 1. The Labute approximate surface area is 81.4 Å². The van der Waals surface area contributed by atoms with E-state index in [0.29, 0.717) is 6.04 Å². The molecule has 0 aliphatic heterocycles. The summed E-state index contributed by atoms with van der Waals surface area (Å²) in [6, 6.07) is 11.3. The normalized spacial score (nSPS) is 11.2. The summed E-state index contributed by atoms with van der Waals surface area (Å²) in [7, 11) is 0. The molecule has 1 heteroatoms. The van der Waals surface area contributed by atoms with Gasteiger partial charge < -0.3 is 0 Å². The summed E-state index contributed by atoms with van der Waals surface area (Å²) < 4.78 is 0. The molecule has 0 aliphatic rings. The van der Waals surface area contributed by atoms with Crippen molar-refractivity contribution < 1.29 is 0 Å². The predicted molar refractivity (Wildman–Crippen MR) is 57.7 cm³/mol. The molecule has 0 aromatic heterocycles. The summed E-state index contributed by atoms with van der Waals surface area (Å²) in [6.07, 6.45) is 0. The van der Waals surface area contributed by atoms with Gasteiger partial charge in [0.2, 0.25) is 0 Å². The molecule has 0 atom stereocenters. The van der Waals surface area contributed by atoms with Gasteiger partial charge in [0, 0.05) is 12.6 Å². The SMILES string of the molecule is CCN(Cc1ccccc1)C(C)C. The highest BCUT2D eigenvalue weighted by Gasteiger charge is 2.06. The van der Waals surface area contributed by atoms with E-state index in [-0.39, 0.29) is 0 Å². The Hall–Kier alpha value is -0.820. The summed E-state index contributed by atoms with van der Waals surface area (Å²) >= 11 is 0. The van der Waals surface area contributed by atoms with Crippen molar-refractivity contribution in [2.75, 3.05) is 6.54 Å². The van der Waals surface area contributed by atoms with E-state index in [1.54, 1.807) is 0 Å². The first kappa shape index (κ1) is 10.3. The Bertz CT molecular complexity index is 228. The van der Waals surface area contributed by atoms with Crippen molar-refractivity contribution >= 4 is 0 Å². The van der Waals surface area contributed by atoms with Crippen LogP contribution in [-0.4, -0.2) is 17.5 Å². The Kier molecular flexibility index (Phi) is 3.97. The van der Waals surface area contributed by atoms with Gasteiger partial charge >= 0.3 is 0 Å². The lowest BCUT2D eigenvalue weighted by molar-refractivity contribution is 0.225. The van der Waals surface area contributed by atoms with Crippen molar-refractivity contribution in [3.8, 4) is 0 Å². The first-order chi connectivity index (χ1) is 6.24. The van der Waals surface area contributed by atoms with E-state index in [4.69, 9.17) is 0 Å². The fraction of sp³-hybridized carbons (Fsp3) is 0.500. The zero-order valence-electron chi connectivity index (χ0n) is 8.83. The van der Waals surface area contributed by atoms with E-state index in [0.717, 1.165) is 13.1 Å². The van der Waals surface area contributed by atoms with Crippen LogP contribution in [0.25, 0.3) is 0 Å². The maximum atomic E-state index is 2.45. The Balaban J connectivity index is 2.57. The van der Waals surface area contributed by atoms with Gasteiger partial charge in [-0.3, -0.25) is 4.90 Å². The molecule has 0 heterocycles. The van der Waals surface area contributed by atoms with Gasteiger partial charge in [-0.15, -0.1) is 0 Å². The predicted octanol–water partition coefficient (Wildman–Crippen LogP) is 2.92. The number of rotatable bonds is 4. The van der Waals surface area contributed by atoms with Crippen LogP contribution in [0, 0.1) is 0 Å². The molecule has 1 aromatic carbocycles. The molecule has 1 nitrogen and oxygen atoms in total. The van der Waals surface area contributed by atoms with Crippen LogP contribution in [0.3, 0.4) is 0 Å². The molecule has 0 saturated heterocycles. The smallest absolute Gasteiger partial charge is 0.0236 e. The lowest BCUT2D eigenvalue weighted by Gasteiger charge is -2.24.